The summed E-state index contributed by atoms with van der Waals surface area (Å²) in [6.45, 7) is 1.24. The summed E-state index contributed by atoms with van der Waals surface area (Å²) >= 11 is 0. The number of amides is 3. The molecule has 0 saturated carbocycles. The number of carbonyl (C=O) groups is 2. The standard InChI is InChI=1S/C16H21N3O4/c1-18-8-11-4-2-3-5-13(11)19(16(18)22)9-15(21)17-12-10-23-7-6-14(12)20/h2-5,12,14,20H,6-10H2,1H3,(H,17,21)/t12-,14-/m1/s1. The van der Waals surface area contributed by atoms with Gasteiger partial charge in [0.2, 0.25) is 5.91 Å². The summed E-state index contributed by atoms with van der Waals surface area (Å²) in [5.41, 5.74) is 1.76. The molecular formula is C16H21N3O4. The van der Waals surface area contributed by atoms with Crippen LogP contribution in [0.4, 0.5) is 10.5 Å². The third kappa shape index (κ3) is 3.30. The molecule has 0 bridgehead atoms. The number of fused-ring (bicyclic) bond motifs is 1. The molecule has 2 heterocycles. The van der Waals surface area contributed by atoms with Crippen molar-refractivity contribution in [3.05, 3.63) is 29.8 Å². The van der Waals surface area contributed by atoms with Crippen molar-refractivity contribution in [2.75, 3.05) is 31.7 Å². The molecule has 7 nitrogen and oxygen atoms in total. The quantitative estimate of drug-likeness (QED) is 0.841. The number of nitrogens with zero attached hydrogens (tertiary/aromatic N) is 2. The van der Waals surface area contributed by atoms with Crippen LogP contribution in [0.2, 0.25) is 0 Å². The molecule has 0 aliphatic carbocycles. The minimum absolute atomic E-state index is 0.0800. The smallest absolute Gasteiger partial charge is 0.325 e. The molecule has 7 heteroatoms. The zero-order valence-corrected chi connectivity index (χ0v) is 13.1. The second-order valence-electron chi connectivity index (χ2n) is 5.96. The van der Waals surface area contributed by atoms with Crippen LogP contribution in [0.5, 0.6) is 0 Å². The highest BCUT2D eigenvalue weighted by Gasteiger charge is 2.31. The predicted octanol–water partition coefficient (Wildman–Crippen LogP) is 0.324. The fourth-order valence-corrected chi connectivity index (χ4v) is 2.95. The Morgan fingerprint density at radius 1 is 1.43 bits per heavy atom. The Morgan fingerprint density at radius 3 is 3.00 bits per heavy atom. The molecule has 3 rings (SSSR count). The normalized spacial score (nSPS) is 24.3. The molecular weight excluding hydrogens is 298 g/mol. The van der Waals surface area contributed by atoms with Crippen LogP contribution in [0.15, 0.2) is 24.3 Å². The van der Waals surface area contributed by atoms with Crippen molar-refractivity contribution < 1.29 is 19.4 Å². The van der Waals surface area contributed by atoms with Gasteiger partial charge < -0.3 is 20.1 Å². The number of hydrogen-bond donors (Lipinski definition) is 2. The Balaban J connectivity index is 1.71. The predicted molar refractivity (Wildman–Crippen MR) is 84.0 cm³/mol. The first-order chi connectivity index (χ1) is 11.1. The summed E-state index contributed by atoms with van der Waals surface area (Å²) < 4.78 is 5.27. The number of aliphatic hydroxyl groups is 1. The Morgan fingerprint density at radius 2 is 2.22 bits per heavy atom. The van der Waals surface area contributed by atoms with Crippen LogP contribution in [0.1, 0.15) is 12.0 Å². The number of carbonyl (C=O) groups excluding carboxylic acids is 2. The molecule has 0 spiro atoms. The lowest BCUT2D eigenvalue weighted by molar-refractivity contribution is -0.123. The monoisotopic (exact) mass is 319 g/mol. The highest BCUT2D eigenvalue weighted by Crippen LogP contribution is 2.27. The minimum Gasteiger partial charge on any atom is -0.391 e. The van der Waals surface area contributed by atoms with Gasteiger partial charge in [-0.15, -0.1) is 0 Å². The molecule has 124 valence electrons. The van der Waals surface area contributed by atoms with Crippen molar-refractivity contribution in [3.8, 4) is 0 Å². The van der Waals surface area contributed by atoms with Crippen molar-refractivity contribution >= 4 is 17.6 Å². The van der Waals surface area contributed by atoms with Gasteiger partial charge in [0.15, 0.2) is 0 Å². The van der Waals surface area contributed by atoms with Gasteiger partial charge in [-0.3, -0.25) is 9.69 Å². The van der Waals surface area contributed by atoms with Crippen molar-refractivity contribution in [3.63, 3.8) is 0 Å². The molecule has 2 N–H and O–H groups in total. The van der Waals surface area contributed by atoms with Gasteiger partial charge >= 0.3 is 6.03 Å². The summed E-state index contributed by atoms with van der Waals surface area (Å²) in [6.07, 6.45) is -0.112. The maximum Gasteiger partial charge on any atom is 0.325 e. The number of benzene rings is 1. The van der Waals surface area contributed by atoms with E-state index in [4.69, 9.17) is 4.74 Å². The molecule has 1 aromatic rings. The highest BCUT2D eigenvalue weighted by molar-refractivity contribution is 5.99. The summed E-state index contributed by atoms with van der Waals surface area (Å²) in [6, 6.07) is 6.91. The topological polar surface area (TPSA) is 82.1 Å². The summed E-state index contributed by atoms with van der Waals surface area (Å²) in [5.74, 6) is -0.307. The first-order valence-corrected chi connectivity index (χ1v) is 7.72. The van der Waals surface area contributed by atoms with E-state index >= 15 is 0 Å². The maximum atomic E-state index is 12.4. The molecule has 23 heavy (non-hydrogen) atoms. The Hall–Kier alpha value is -2.12. The number of ether oxygens (including phenoxy) is 1. The maximum absolute atomic E-state index is 12.4. The third-order valence-electron chi connectivity index (χ3n) is 4.22. The van der Waals surface area contributed by atoms with Crippen LogP contribution in [0.25, 0.3) is 0 Å². The summed E-state index contributed by atoms with van der Waals surface area (Å²) in [4.78, 5) is 27.7. The summed E-state index contributed by atoms with van der Waals surface area (Å²) in [7, 11) is 1.71. The van der Waals surface area contributed by atoms with E-state index in [1.165, 1.54) is 4.90 Å². The highest BCUT2D eigenvalue weighted by atomic mass is 16.5. The molecule has 2 aliphatic heterocycles. The number of hydrogen-bond acceptors (Lipinski definition) is 4. The lowest BCUT2D eigenvalue weighted by Crippen LogP contribution is -2.54. The Labute approximate surface area is 134 Å². The van der Waals surface area contributed by atoms with Crippen LogP contribution in [-0.4, -0.2) is 60.9 Å². The molecule has 2 atom stereocenters. The van der Waals surface area contributed by atoms with Crippen molar-refractivity contribution in [2.24, 2.45) is 0 Å². The van der Waals surface area contributed by atoms with Gasteiger partial charge in [-0.1, -0.05) is 18.2 Å². The lowest BCUT2D eigenvalue weighted by atomic mass is 10.1. The van der Waals surface area contributed by atoms with Gasteiger partial charge in [-0.25, -0.2) is 4.79 Å². The zero-order valence-electron chi connectivity index (χ0n) is 13.1. The number of para-hydroxylation sites is 1. The minimum atomic E-state index is -0.611. The fourth-order valence-electron chi connectivity index (χ4n) is 2.95. The average molecular weight is 319 g/mol. The van der Waals surface area contributed by atoms with Gasteiger partial charge in [-0.05, 0) is 18.1 Å². The van der Waals surface area contributed by atoms with Gasteiger partial charge in [-0.2, -0.15) is 0 Å². The molecule has 3 amide bonds. The Bertz CT molecular complexity index is 607. The van der Waals surface area contributed by atoms with Gasteiger partial charge in [0.1, 0.15) is 6.54 Å². The Kier molecular flexibility index (Phi) is 4.49. The van der Waals surface area contributed by atoms with Gasteiger partial charge in [0, 0.05) is 20.2 Å². The van der Waals surface area contributed by atoms with E-state index in [0.29, 0.717) is 19.6 Å². The fraction of sp³-hybridized carbons (Fsp3) is 0.500. The lowest BCUT2D eigenvalue weighted by Gasteiger charge is -2.35. The zero-order chi connectivity index (χ0) is 16.4. The van der Waals surface area contributed by atoms with E-state index in [9.17, 15) is 14.7 Å². The number of anilines is 1. The SMILES string of the molecule is CN1Cc2ccccc2N(CC(=O)N[C@@H]2COCC[C@H]2O)C1=O. The summed E-state index contributed by atoms with van der Waals surface area (Å²) in [5, 5.41) is 12.6. The largest absolute Gasteiger partial charge is 0.391 e. The number of aliphatic hydroxyl groups excluding tert-OH is 1. The van der Waals surface area contributed by atoms with Crippen LogP contribution in [0.3, 0.4) is 0 Å². The number of nitrogens with one attached hydrogen (secondary N) is 1. The molecule has 0 radical (unpaired) electrons. The molecule has 2 aliphatic rings. The second kappa shape index (κ2) is 6.55. The van der Waals surface area contributed by atoms with Gasteiger partial charge in [0.25, 0.3) is 0 Å². The first-order valence-electron chi connectivity index (χ1n) is 7.72. The van der Waals surface area contributed by atoms with Crippen LogP contribution in [0, 0.1) is 0 Å². The van der Waals surface area contributed by atoms with Crippen LogP contribution < -0.4 is 10.2 Å². The number of rotatable bonds is 3. The van der Waals surface area contributed by atoms with Crippen molar-refractivity contribution in [2.45, 2.75) is 25.1 Å². The molecule has 0 aromatic heterocycles. The van der Waals surface area contributed by atoms with Crippen LogP contribution >= 0.6 is 0 Å². The first kappa shape index (κ1) is 15.8. The van der Waals surface area contributed by atoms with E-state index in [1.54, 1.807) is 11.9 Å². The van der Waals surface area contributed by atoms with E-state index in [-0.39, 0.29) is 25.1 Å². The molecule has 1 saturated heterocycles. The van der Waals surface area contributed by atoms with E-state index in [2.05, 4.69) is 5.32 Å². The molecule has 1 aromatic carbocycles. The van der Waals surface area contributed by atoms with E-state index < -0.39 is 12.1 Å². The molecule has 0 unspecified atom stereocenters. The third-order valence-corrected chi connectivity index (χ3v) is 4.22. The van der Waals surface area contributed by atoms with Crippen molar-refractivity contribution in [1.82, 2.24) is 10.2 Å². The number of urea groups is 1. The molecule has 1 fully saturated rings. The van der Waals surface area contributed by atoms with Gasteiger partial charge in [0.05, 0.1) is 24.4 Å². The average Bonchev–Trinajstić information content (AvgIpc) is 2.54. The van der Waals surface area contributed by atoms with E-state index in [1.807, 2.05) is 24.3 Å². The van der Waals surface area contributed by atoms with E-state index in [0.717, 1.165) is 11.3 Å². The van der Waals surface area contributed by atoms with Crippen molar-refractivity contribution in [1.29, 1.82) is 0 Å². The van der Waals surface area contributed by atoms with Crippen LogP contribution in [-0.2, 0) is 16.1 Å². The second-order valence-corrected chi connectivity index (χ2v) is 5.96.